The minimum Gasteiger partial charge on any atom is -0.480 e. The zero-order chi connectivity index (χ0) is 31.3. The molecule has 0 aromatic heterocycles. The minimum absolute atomic E-state index is 0. The van der Waals surface area contributed by atoms with Crippen molar-refractivity contribution in [3.63, 3.8) is 0 Å². The molecule has 10 nitrogen and oxygen atoms in total. The van der Waals surface area contributed by atoms with Crippen LogP contribution in [0, 0.1) is 0 Å². The highest BCUT2D eigenvalue weighted by atomic mass is 35.5. The maximum atomic E-state index is 13.2. The van der Waals surface area contributed by atoms with Gasteiger partial charge in [-0.2, -0.15) is 0 Å². The maximum Gasteiger partial charge on any atom is 0.326 e. The summed E-state index contributed by atoms with van der Waals surface area (Å²) in [5.41, 5.74) is 2.84. The summed E-state index contributed by atoms with van der Waals surface area (Å²) in [7, 11) is -3.84. The number of halogens is 2. The van der Waals surface area contributed by atoms with Crippen LogP contribution >= 0.6 is 35.1 Å². The minimum atomic E-state index is -3.84. The molecule has 4 aromatic rings. The summed E-state index contributed by atoms with van der Waals surface area (Å²) in [6.07, 6.45) is 1.40. The predicted octanol–water partition coefficient (Wildman–Crippen LogP) is 5.10. The van der Waals surface area contributed by atoms with E-state index in [0.29, 0.717) is 34.3 Å². The van der Waals surface area contributed by atoms with Crippen LogP contribution in [0.5, 0.6) is 0 Å². The first-order valence-corrected chi connectivity index (χ1v) is 16.8. The fourth-order valence-corrected chi connectivity index (χ4v) is 7.80. The van der Waals surface area contributed by atoms with E-state index >= 15 is 0 Å². The van der Waals surface area contributed by atoms with Gasteiger partial charge in [-0.1, -0.05) is 77.8 Å². The number of benzene rings is 4. The van der Waals surface area contributed by atoms with E-state index in [1.54, 1.807) is 66.7 Å². The number of nitrogens with one attached hydrogen (secondary N) is 2. The Morgan fingerprint density at radius 2 is 1.50 bits per heavy atom. The summed E-state index contributed by atoms with van der Waals surface area (Å²) in [5.74, 6) is -1.54. The Labute approximate surface area is 281 Å². The molecule has 0 unspecified atom stereocenters. The summed E-state index contributed by atoms with van der Waals surface area (Å²) >= 11 is 13.6. The van der Waals surface area contributed by atoms with Crippen LogP contribution in [0.1, 0.15) is 18.4 Å². The number of carboxylic acids is 1. The number of sulfonamides is 1. The first kappa shape index (κ1) is 36.8. The molecule has 1 heterocycles. The summed E-state index contributed by atoms with van der Waals surface area (Å²) in [6.45, 7) is 0.652. The lowest BCUT2D eigenvalue weighted by molar-refractivity contribution is -0.142. The first-order valence-electron chi connectivity index (χ1n) is 13.8. The van der Waals surface area contributed by atoms with Crippen molar-refractivity contribution in [2.45, 2.75) is 41.1 Å². The van der Waals surface area contributed by atoms with Gasteiger partial charge in [-0.05, 0) is 83.9 Å². The van der Waals surface area contributed by atoms with E-state index in [-0.39, 0.29) is 28.2 Å². The fraction of sp³-hybridized carbons (Fsp3) is 0.188. The van der Waals surface area contributed by atoms with Gasteiger partial charge in [0.15, 0.2) is 0 Å². The third-order valence-electron chi connectivity index (χ3n) is 7.10. The van der Waals surface area contributed by atoms with Gasteiger partial charge >= 0.3 is 5.97 Å². The number of anilines is 1. The van der Waals surface area contributed by atoms with Crippen LogP contribution < -0.4 is 10.0 Å². The Bertz CT molecular complexity index is 1720. The molecule has 5 rings (SSSR count). The van der Waals surface area contributed by atoms with E-state index in [1.807, 2.05) is 34.6 Å². The average molecular weight is 707 g/mol. The summed E-state index contributed by atoms with van der Waals surface area (Å²) in [4.78, 5) is 26.2. The molecule has 1 fully saturated rings. The van der Waals surface area contributed by atoms with Crippen molar-refractivity contribution in [3.05, 3.63) is 113 Å². The molecule has 14 heteroatoms. The Hall–Kier alpha value is -3.62. The van der Waals surface area contributed by atoms with E-state index in [0.717, 1.165) is 22.4 Å². The third kappa shape index (κ3) is 9.46. The Kier molecular flexibility index (Phi) is 13.0. The van der Waals surface area contributed by atoms with Crippen molar-refractivity contribution in [3.8, 4) is 11.1 Å². The number of hydrogen-bond donors (Lipinski definition) is 3. The second kappa shape index (κ2) is 16.3. The van der Waals surface area contributed by atoms with Crippen molar-refractivity contribution in [1.29, 1.82) is 0 Å². The van der Waals surface area contributed by atoms with Crippen molar-refractivity contribution >= 4 is 62.7 Å². The van der Waals surface area contributed by atoms with Gasteiger partial charge in [0.2, 0.25) is 5.91 Å². The van der Waals surface area contributed by atoms with Crippen molar-refractivity contribution < 1.29 is 34.1 Å². The number of aliphatic carboxylic acids is 1. The van der Waals surface area contributed by atoms with Crippen molar-refractivity contribution in [2.75, 3.05) is 11.3 Å². The molecule has 1 amide bonds. The molecule has 0 radical (unpaired) electrons. The average Bonchev–Trinajstić information content (AvgIpc) is 3.45. The normalized spacial score (nSPS) is 15.2. The van der Waals surface area contributed by atoms with Gasteiger partial charge < -0.3 is 21.4 Å². The van der Waals surface area contributed by atoms with E-state index in [4.69, 9.17) is 23.2 Å². The summed E-state index contributed by atoms with van der Waals surface area (Å²) in [6, 6.07) is 26.1. The molecule has 0 spiro atoms. The monoisotopic (exact) mass is 705 g/mol. The predicted molar refractivity (Wildman–Crippen MR) is 182 cm³/mol. The molecule has 0 aliphatic carbocycles. The lowest BCUT2D eigenvalue weighted by Gasteiger charge is -2.24. The zero-order valence-electron chi connectivity index (χ0n) is 24.3. The van der Waals surface area contributed by atoms with E-state index in [9.17, 15) is 23.1 Å². The molecule has 0 saturated carbocycles. The van der Waals surface area contributed by atoms with Gasteiger partial charge in [-0.15, -0.1) is 0 Å². The fourth-order valence-electron chi connectivity index (χ4n) is 4.91. The van der Waals surface area contributed by atoms with Gasteiger partial charge in [-0.3, -0.25) is 9.52 Å². The van der Waals surface area contributed by atoms with Crippen LogP contribution in [0.3, 0.4) is 0 Å². The number of carbonyl (C=O) groups is 2. The number of carbonyl (C=O) groups excluding carboxylic acids is 1. The zero-order valence-corrected chi connectivity index (χ0v) is 27.5. The summed E-state index contributed by atoms with van der Waals surface area (Å²) < 4.78 is 30.4. The maximum absolute atomic E-state index is 13.2. The number of nitrogens with zero attached hydrogens (tertiary/aromatic N) is 1. The molecule has 2 atom stereocenters. The number of amides is 1. The van der Waals surface area contributed by atoms with E-state index in [2.05, 4.69) is 10.0 Å². The molecular formula is C32H33Cl2N3O7S2. The Morgan fingerprint density at radius 1 is 0.891 bits per heavy atom. The van der Waals surface area contributed by atoms with E-state index < -0.39 is 28.1 Å². The molecule has 244 valence electrons. The van der Waals surface area contributed by atoms with Crippen molar-refractivity contribution in [2.24, 2.45) is 0 Å². The molecule has 1 saturated heterocycles. The van der Waals surface area contributed by atoms with Crippen LogP contribution in [0.2, 0.25) is 10.0 Å². The second-order valence-electron chi connectivity index (χ2n) is 10.3. The van der Waals surface area contributed by atoms with Gasteiger partial charge in [0.25, 0.3) is 10.0 Å². The van der Waals surface area contributed by atoms with Crippen LogP contribution in [-0.2, 0) is 26.0 Å². The SMILES string of the molecule is O.O.O=C(O)[C@H](Cc1ccc(NS(=O)(=O)c2ccc(-c3ccccc3)cc2)cc1)NC(=O)[C@@H]1CCCN1Sc1cc(Cl)cc(Cl)c1. The standard InChI is InChI=1S/C32H29Cl2N3O5S2.2H2O/c33-24-18-25(34)20-27(19-24)43-37-16-4-7-30(37)31(38)35-29(32(39)40)17-21-8-12-26(13-9-21)36-44(41,42)28-14-10-23(11-15-28)22-5-2-1-3-6-22;;/h1-3,5-6,8-15,18-20,29-30,36H,4,7,16-17H2,(H,35,38)(H,39,40);2*1H2/t29-,30-;;/m0../s1. The number of hydrogen-bond acceptors (Lipinski definition) is 6. The number of carboxylic acid groups (broad SMARTS) is 1. The van der Waals surface area contributed by atoms with Crippen LogP contribution in [0.25, 0.3) is 11.1 Å². The van der Waals surface area contributed by atoms with Crippen LogP contribution in [0.4, 0.5) is 5.69 Å². The molecule has 7 N–H and O–H groups in total. The van der Waals surface area contributed by atoms with Gasteiger partial charge in [0.1, 0.15) is 6.04 Å². The third-order valence-corrected chi connectivity index (χ3v) is 10.0. The molecule has 1 aliphatic rings. The second-order valence-corrected chi connectivity index (χ2v) is 14.0. The smallest absolute Gasteiger partial charge is 0.326 e. The highest BCUT2D eigenvalue weighted by Gasteiger charge is 2.34. The Morgan fingerprint density at radius 3 is 2.11 bits per heavy atom. The van der Waals surface area contributed by atoms with Gasteiger partial charge in [-0.25, -0.2) is 17.5 Å². The highest BCUT2D eigenvalue weighted by molar-refractivity contribution is 7.97. The molecule has 4 aromatic carbocycles. The topological polar surface area (TPSA) is 179 Å². The lowest BCUT2D eigenvalue weighted by atomic mass is 10.0. The van der Waals surface area contributed by atoms with Crippen LogP contribution in [-0.4, -0.2) is 59.3 Å². The number of rotatable bonds is 11. The first-order chi connectivity index (χ1) is 21.1. The van der Waals surface area contributed by atoms with Gasteiger partial charge in [0, 0.05) is 33.6 Å². The molecule has 1 aliphatic heterocycles. The Balaban J connectivity index is 0.00000288. The largest absolute Gasteiger partial charge is 0.480 e. The molecule has 0 bridgehead atoms. The molecular weight excluding hydrogens is 673 g/mol. The quantitative estimate of drug-likeness (QED) is 0.182. The van der Waals surface area contributed by atoms with Crippen LogP contribution in [0.15, 0.2) is 107 Å². The van der Waals surface area contributed by atoms with Crippen molar-refractivity contribution in [1.82, 2.24) is 9.62 Å². The van der Waals surface area contributed by atoms with E-state index in [1.165, 1.54) is 11.9 Å². The lowest BCUT2D eigenvalue weighted by Crippen LogP contribution is -2.49. The van der Waals surface area contributed by atoms with Gasteiger partial charge in [0.05, 0.1) is 10.9 Å². The summed E-state index contributed by atoms with van der Waals surface area (Å²) in [5, 5.41) is 13.5. The molecule has 46 heavy (non-hydrogen) atoms. The highest BCUT2D eigenvalue weighted by Crippen LogP contribution is 2.34.